The molecule has 1 aromatic rings. The SMILES string of the molecule is NC(N)=NCCCC(NC(=O)C1CCCN1C(=O)C1(NC(=O)OCc2ccccc2)CCCCC1)C(=O)CF. The average Bonchev–Trinajstić information content (AvgIpc) is 3.43. The van der Waals surface area contributed by atoms with Gasteiger partial charge in [-0.15, -0.1) is 0 Å². The van der Waals surface area contributed by atoms with E-state index < -0.39 is 42.1 Å². The third kappa shape index (κ3) is 8.39. The smallest absolute Gasteiger partial charge is 0.408 e. The van der Waals surface area contributed by atoms with E-state index in [0.29, 0.717) is 38.6 Å². The van der Waals surface area contributed by atoms with E-state index in [1.807, 2.05) is 30.3 Å². The number of benzene rings is 1. The minimum absolute atomic E-state index is 0.0683. The number of hydrogen-bond donors (Lipinski definition) is 4. The van der Waals surface area contributed by atoms with E-state index >= 15 is 0 Å². The highest BCUT2D eigenvalue weighted by atomic mass is 19.1. The number of aliphatic imine (C=N–C) groups is 1. The number of ketones is 1. The lowest BCUT2D eigenvalue weighted by atomic mass is 9.80. The Morgan fingerprint density at radius 3 is 2.49 bits per heavy atom. The van der Waals surface area contributed by atoms with E-state index in [-0.39, 0.29) is 31.4 Å². The maximum atomic E-state index is 13.9. The number of hydrogen-bond acceptors (Lipinski definition) is 6. The van der Waals surface area contributed by atoms with Gasteiger partial charge in [-0.05, 0) is 44.1 Å². The molecule has 11 nitrogen and oxygen atoms in total. The van der Waals surface area contributed by atoms with Crippen LogP contribution in [0.25, 0.3) is 0 Å². The predicted molar refractivity (Wildman–Crippen MR) is 143 cm³/mol. The molecule has 0 bridgehead atoms. The number of rotatable bonds is 12. The first-order chi connectivity index (χ1) is 18.8. The monoisotopic (exact) mass is 546 g/mol. The van der Waals surface area contributed by atoms with Crippen molar-refractivity contribution >= 4 is 29.7 Å². The summed E-state index contributed by atoms with van der Waals surface area (Å²) in [7, 11) is 0. The van der Waals surface area contributed by atoms with Gasteiger partial charge in [0.25, 0.3) is 0 Å². The van der Waals surface area contributed by atoms with Gasteiger partial charge in [0.1, 0.15) is 24.9 Å². The highest BCUT2D eigenvalue weighted by Gasteiger charge is 2.48. The first-order valence-electron chi connectivity index (χ1n) is 13.5. The van der Waals surface area contributed by atoms with E-state index in [4.69, 9.17) is 16.2 Å². The second-order valence-electron chi connectivity index (χ2n) is 10.1. The first kappa shape index (κ1) is 29.9. The summed E-state index contributed by atoms with van der Waals surface area (Å²) in [4.78, 5) is 57.4. The fraction of sp³-hybridized carbons (Fsp3) is 0.593. The molecule has 0 aromatic heterocycles. The molecule has 0 spiro atoms. The number of carbonyl (C=O) groups is 4. The Morgan fingerprint density at radius 1 is 1.10 bits per heavy atom. The number of halogens is 1. The fourth-order valence-electron chi connectivity index (χ4n) is 5.24. The van der Waals surface area contributed by atoms with Crippen molar-refractivity contribution < 1.29 is 28.3 Å². The number of carbonyl (C=O) groups excluding carboxylic acids is 4. The zero-order valence-electron chi connectivity index (χ0n) is 22.2. The molecule has 1 heterocycles. The van der Waals surface area contributed by atoms with Gasteiger partial charge in [-0.2, -0.15) is 0 Å². The Balaban J connectivity index is 1.67. The number of likely N-dealkylation sites (tertiary alicyclic amines) is 1. The second kappa shape index (κ2) is 14.5. The van der Waals surface area contributed by atoms with Crippen molar-refractivity contribution in [1.29, 1.82) is 0 Å². The molecule has 2 fully saturated rings. The third-order valence-electron chi connectivity index (χ3n) is 7.27. The summed E-state index contributed by atoms with van der Waals surface area (Å²) in [6.45, 7) is -0.583. The largest absolute Gasteiger partial charge is 0.445 e. The van der Waals surface area contributed by atoms with Gasteiger partial charge in [0.05, 0.1) is 6.04 Å². The van der Waals surface area contributed by atoms with E-state index in [1.54, 1.807) is 0 Å². The molecule has 1 aliphatic heterocycles. The lowest BCUT2D eigenvalue weighted by Crippen LogP contribution is -2.63. The van der Waals surface area contributed by atoms with Gasteiger partial charge in [0.15, 0.2) is 11.7 Å². The quantitative estimate of drug-likeness (QED) is 0.176. The van der Waals surface area contributed by atoms with Gasteiger partial charge in [-0.3, -0.25) is 19.4 Å². The van der Waals surface area contributed by atoms with Crippen LogP contribution in [0.4, 0.5) is 9.18 Å². The number of Topliss-reactive ketones (excluding diaryl/α,β-unsaturated/α-hetero) is 1. The normalized spacial score (nSPS) is 19.0. The van der Waals surface area contributed by atoms with E-state index in [2.05, 4.69) is 15.6 Å². The van der Waals surface area contributed by atoms with E-state index in [9.17, 15) is 23.6 Å². The minimum Gasteiger partial charge on any atom is -0.445 e. The zero-order valence-corrected chi connectivity index (χ0v) is 22.2. The molecule has 0 radical (unpaired) electrons. The molecule has 3 rings (SSSR count). The van der Waals surface area contributed by atoms with Crippen molar-refractivity contribution in [1.82, 2.24) is 15.5 Å². The standard InChI is InChI=1S/C27H39FN6O5/c28-17-22(35)20(11-7-15-31-25(29)30)32-23(36)21-12-8-16-34(21)24(37)27(13-5-2-6-14-27)33-26(38)39-18-19-9-3-1-4-10-19/h1,3-4,9-10,20-21H,2,5-8,11-18H2,(H,32,36)(H,33,38)(H4,29,30,31). The van der Waals surface area contributed by atoms with Gasteiger partial charge in [-0.25, -0.2) is 9.18 Å². The van der Waals surface area contributed by atoms with Crippen LogP contribution in [-0.4, -0.2) is 71.9 Å². The van der Waals surface area contributed by atoms with Crippen LogP contribution in [0.1, 0.15) is 63.4 Å². The van der Waals surface area contributed by atoms with Crippen LogP contribution in [0, 0.1) is 0 Å². The lowest BCUT2D eigenvalue weighted by molar-refractivity contribution is -0.145. The number of alkyl halides is 1. The Bertz CT molecular complexity index is 1030. The topological polar surface area (TPSA) is 169 Å². The molecule has 12 heteroatoms. The van der Waals surface area contributed by atoms with Gasteiger partial charge in [0.2, 0.25) is 11.8 Å². The van der Waals surface area contributed by atoms with Crippen LogP contribution in [0.3, 0.4) is 0 Å². The maximum Gasteiger partial charge on any atom is 0.408 e. The fourth-order valence-corrected chi connectivity index (χ4v) is 5.24. The van der Waals surface area contributed by atoms with Crippen molar-refractivity contribution in [3.8, 4) is 0 Å². The van der Waals surface area contributed by atoms with Crippen molar-refractivity contribution in [3.05, 3.63) is 35.9 Å². The molecular weight excluding hydrogens is 507 g/mol. The van der Waals surface area contributed by atoms with Crippen molar-refractivity contribution in [2.45, 2.75) is 82.0 Å². The summed E-state index contributed by atoms with van der Waals surface area (Å²) >= 11 is 0. The van der Waals surface area contributed by atoms with Crippen LogP contribution < -0.4 is 22.1 Å². The van der Waals surface area contributed by atoms with Crippen LogP contribution in [0.2, 0.25) is 0 Å². The molecular formula is C27H39FN6O5. The van der Waals surface area contributed by atoms with Crippen molar-refractivity contribution in [2.75, 3.05) is 19.8 Å². The second-order valence-corrected chi connectivity index (χ2v) is 10.1. The number of nitrogens with one attached hydrogen (secondary N) is 2. The number of guanidine groups is 1. The number of nitrogens with zero attached hydrogens (tertiary/aromatic N) is 2. The summed E-state index contributed by atoms with van der Waals surface area (Å²) in [5.41, 5.74) is 10.3. The molecule has 214 valence electrons. The summed E-state index contributed by atoms with van der Waals surface area (Å²) < 4.78 is 18.6. The molecule has 1 aromatic carbocycles. The summed E-state index contributed by atoms with van der Waals surface area (Å²) in [5, 5.41) is 5.46. The van der Waals surface area contributed by atoms with Gasteiger partial charge in [-0.1, -0.05) is 49.6 Å². The first-order valence-corrected chi connectivity index (χ1v) is 13.5. The molecule has 39 heavy (non-hydrogen) atoms. The molecule has 1 saturated carbocycles. The Hall–Kier alpha value is -3.70. The predicted octanol–water partition coefficient (Wildman–Crippen LogP) is 1.68. The highest BCUT2D eigenvalue weighted by Crippen LogP contribution is 2.33. The number of alkyl carbamates (subject to hydrolysis) is 1. The molecule has 6 N–H and O–H groups in total. The zero-order chi connectivity index (χ0) is 28.3. The van der Waals surface area contributed by atoms with Gasteiger partial charge < -0.3 is 31.7 Å². The lowest BCUT2D eigenvalue weighted by Gasteiger charge is -2.40. The molecule has 2 unspecified atom stereocenters. The van der Waals surface area contributed by atoms with E-state index in [1.165, 1.54) is 4.90 Å². The summed E-state index contributed by atoms with van der Waals surface area (Å²) in [6.07, 6.45) is 4.12. The molecule has 2 atom stereocenters. The Labute approximate surface area is 227 Å². The van der Waals surface area contributed by atoms with Crippen molar-refractivity contribution in [3.63, 3.8) is 0 Å². The van der Waals surface area contributed by atoms with Crippen LogP contribution in [-0.2, 0) is 25.7 Å². The van der Waals surface area contributed by atoms with Crippen LogP contribution in [0.5, 0.6) is 0 Å². The number of ether oxygens (including phenoxy) is 1. The van der Waals surface area contributed by atoms with Gasteiger partial charge >= 0.3 is 6.09 Å². The summed E-state index contributed by atoms with van der Waals surface area (Å²) in [6, 6.07) is 7.35. The molecule has 1 aliphatic carbocycles. The number of nitrogens with two attached hydrogens (primary N) is 2. The molecule has 3 amide bonds. The maximum absolute atomic E-state index is 13.9. The molecule has 1 saturated heterocycles. The third-order valence-corrected chi connectivity index (χ3v) is 7.27. The summed E-state index contributed by atoms with van der Waals surface area (Å²) in [5.74, 6) is -1.71. The van der Waals surface area contributed by atoms with E-state index in [0.717, 1.165) is 24.8 Å². The molecule has 2 aliphatic rings. The van der Waals surface area contributed by atoms with Gasteiger partial charge in [0, 0.05) is 13.1 Å². The van der Waals surface area contributed by atoms with Crippen LogP contribution in [0.15, 0.2) is 35.3 Å². The average molecular weight is 547 g/mol. The Morgan fingerprint density at radius 2 is 1.82 bits per heavy atom. The highest BCUT2D eigenvalue weighted by molar-refractivity contribution is 5.96. The van der Waals surface area contributed by atoms with Crippen molar-refractivity contribution in [2.24, 2.45) is 16.5 Å². The minimum atomic E-state index is -1.22. The number of amides is 3. The van der Waals surface area contributed by atoms with Crippen LogP contribution >= 0.6 is 0 Å². The Kier molecular flexibility index (Phi) is 11.1.